The van der Waals surface area contributed by atoms with E-state index in [1.165, 1.54) is 31.4 Å². The van der Waals surface area contributed by atoms with Crippen LogP contribution < -0.4 is 5.32 Å². The minimum absolute atomic E-state index is 0.619. The van der Waals surface area contributed by atoms with E-state index in [2.05, 4.69) is 42.6 Å². The highest BCUT2D eigenvalue weighted by molar-refractivity contribution is 5.21. The quantitative estimate of drug-likeness (QED) is 0.794. The molecule has 0 bridgehead atoms. The van der Waals surface area contributed by atoms with E-state index in [1.54, 1.807) is 0 Å². The molecule has 0 radical (unpaired) electrons. The van der Waals surface area contributed by atoms with E-state index in [1.807, 2.05) is 0 Å². The van der Waals surface area contributed by atoms with Crippen LogP contribution in [-0.4, -0.2) is 6.54 Å². The van der Waals surface area contributed by atoms with Crippen molar-refractivity contribution in [3.8, 4) is 0 Å². The normalized spacial score (nSPS) is 30.1. The van der Waals surface area contributed by atoms with Crippen LogP contribution in [0.2, 0.25) is 0 Å². The van der Waals surface area contributed by atoms with Gasteiger partial charge in [-0.2, -0.15) is 0 Å². The molecule has 2 fully saturated rings. The second-order valence-electron chi connectivity index (χ2n) is 5.61. The van der Waals surface area contributed by atoms with Gasteiger partial charge < -0.3 is 5.32 Å². The van der Waals surface area contributed by atoms with Crippen molar-refractivity contribution in [1.29, 1.82) is 0 Å². The Hall–Kier alpha value is -0.820. The zero-order valence-corrected chi connectivity index (χ0v) is 10.0. The molecular formula is C15H21N. The van der Waals surface area contributed by atoms with E-state index >= 15 is 0 Å². The molecule has 86 valence electrons. The molecule has 0 amide bonds. The molecule has 0 aromatic heterocycles. The summed E-state index contributed by atoms with van der Waals surface area (Å²) in [6, 6.07) is 11.6. The summed E-state index contributed by atoms with van der Waals surface area (Å²) in [5, 5.41) is 3.79. The molecule has 1 N–H and O–H groups in total. The number of rotatable bonds is 5. The van der Waals surface area contributed by atoms with Crippen molar-refractivity contribution >= 4 is 0 Å². The second kappa shape index (κ2) is 4.21. The lowest BCUT2D eigenvalue weighted by molar-refractivity contribution is 0.462. The Morgan fingerprint density at radius 1 is 1.25 bits per heavy atom. The fraction of sp³-hybridized carbons (Fsp3) is 0.600. The largest absolute Gasteiger partial charge is 0.309 e. The van der Waals surface area contributed by atoms with Crippen molar-refractivity contribution in [3.63, 3.8) is 0 Å². The first-order valence-corrected chi connectivity index (χ1v) is 6.63. The second-order valence-corrected chi connectivity index (χ2v) is 5.61. The maximum Gasteiger partial charge on any atom is 0.0348 e. The van der Waals surface area contributed by atoms with Gasteiger partial charge in [-0.05, 0) is 49.1 Å². The SMILES string of the molecule is CC1CC1CNC(c1ccccc1)C1CC1. The minimum Gasteiger partial charge on any atom is -0.309 e. The first-order valence-electron chi connectivity index (χ1n) is 6.63. The summed E-state index contributed by atoms with van der Waals surface area (Å²) < 4.78 is 0. The lowest BCUT2D eigenvalue weighted by Crippen LogP contribution is -2.25. The third-order valence-electron chi connectivity index (χ3n) is 4.13. The highest BCUT2D eigenvalue weighted by atomic mass is 14.9. The van der Waals surface area contributed by atoms with Crippen molar-refractivity contribution in [2.24, 2.45) is 17.8 Å². The maximum absolute atomic E-state index is 3.79. The van der Waals surface area contributed by atoms with Crippen LogP contribution in [0.5, 0.6) is 0 Å². The average Bonchev–Trinajstić information content (AvgIpc) is 3.20. The van der Waals surface area contributed by atoms with Gasteiger partial charge in [0.05, 0.1) is 0 Å². The summed E-state index contributed by atoms with van der Waals surface area (Å²) in [5.74, 6) is 2.81. The Bertz CT molecular complexity index is 342. The van der Waals surface area contributed by atoms with E-state index in [0.717, 1.165) is 17.8 Å². The Morgan fingerprint density at radius 2 is 1.94 bits per heavy atom. The van der Waals surface area contributed by atoms with Crippen molar-refractivity contribution in [2.75, 3.05) is 6.54 Å². The zero-order chi connectivity index (χ0) is 11.0. The van der Waals surface area contributed by atoms with Gasteiger partial charge >= 0.3 is 0 Å². The molecule has 0 aliphatic heterocycles. The van der Waals surface area contributed by atoms with Gasteiger partial charge in [-0.15, -0.1) is 0 Å². The van der Waals surface area contributed by atoms with E-state index < -0.39 is 0 Å². The molecule has 2 aliphatic rings. The smallest absolute Gasteiger partial charge is 0.0348 e. The number of hydrogen-bond donors (Lipinski definition) is 1. The van der Waals surface area contributed by atoms with Gasteiger partial charge in [0, 0.05) is 6.04 Å². The average molecular weight is 215 g/mol. The summed E-state index contributed by atoms with van der Waals surface area (Å²) >= 11 is 0. The Labute approximate surface area is 98.3 Å². The summed E-state index contributed by atoms with van der Waals surface area (Å²) in [6.07, 6.45) is 4.25. The molecule has 2 saturated carbocycles. The number of hydrogen-bond acceptors (Lipinski definition) is 1. The topological polar surface area (TPSA) is 12.0 Å². The fourth-order valence-electron chi connectivity index (χ4n) is 2.61. The third kappa shape index (κ3) is 2.30. The van der Waals surface area contributed by atoms with Gasteiger partial charge in [0.1, 0.15) is 0 Å². The van der Waals surface area contributed by atoms with Crippen LogP contribution in [0.25, 0.3) is 0 Å². The molecule has 0 heterocycles. The Balaban J connectivity index is 1.62. The molecule has 1 aromatic carbocycles. The molecule has 1 nitrogen and oxygen atoms in total. The molecule has 0 spiro atoms. The standard InChI is InChI=1S/C15H21N/c1-11-9-14(11)10-16-15(13-7-8-13)12-5-3-2-4-6-12/h2-6,11,13-16H,7-10H2,1H3. The number of benzene rings is 1. The van der Waals surface area contributed by atoms with Crippen LogP contribution in [0.4, 0.5) is 0 Å². The Morgan fingerprint density at radius 3 is 2.50 bits per heavy atom. The minimum atomic E-state index is 0.619. The molecule has 3 unspecified atom stereocenters. The molecule has 3 rings (SSSR count). The van der Waals surface area contributed by atoms with Crippen LogP contribution >= 0.6 is 0 Å². The summed E-state index contributed by atoms with van der Waals surface area (Å²) in [5.41, 5.74) is 1.48. The van der Waals surface area contributed by atoms with Crippen LogP contribution in [0.3, 0.4) is 0 Å². The summed E-state index contributed by atoms with van der Waals surface area (Å²) in [6.45, 7) is 3.58. The van der Waals surface area contributed by atoms with Gasteiger partial charge in [-0.25, -0.2) is 0 Å². The van der Waals surface area contributed by atoms with Crippen LogP contribution in [0, 0.1) is 17.8 Å². The van der Waals surface area contributed by atoms with Gasteiger partial charge in [-0.1, -0.05) is 37.3 Å². The number of nitrogens with one attached hydrogen (secondary N) is 1. The van der Waals surface area contributed by atoms with Gasteiger partial charge in [0.15, 0.2) is 0 Å². The predicted octanol–water partition coefficient (Wildman–Crippen LogP) is 3.38. The highest BCUT2D eigenvalue weighted by Crippen LogP contribution is 2.42. The third-order valence-corrected chi connectivity index (χ3v) is 4.13. The summed E-state index contributed by atoms with van der Waals surface area (Å²) in [4.78, 5) is 0. The van der Waals surface area contributed by atoms with Crippen molar-refractivity contribution in [2.45, 2.75) is 32.2 Å². The predicted molar refractivity (Wildman–Crippen MR) is 67.2 cm³/mol. The van der Waals surface area contributed by atoms with Gasteiger partial charge in [0.25, 0.3) is 0 Å². The summed E-state index contributed by atoms with van der Waals surface area (Å²) in [7, 11) is 0. The maximum atomic E-state index is 3.79. The monoisotopic (exact) mass is 215 g/mol. The fourth-order valence-corrected chi connectivity index (χ4v) is 2.61. The molecular weight excluding hydrogens is 194 g/mol. The van der Waals surface area contributed by atoms with E-state index in [9.17, 15) is 0 Å². The molecule has 2 aliphatic carbocycles. The molecule has 16 heavy (non-hydrogen) atoms. The molecule has 3 atom stereocenters. The van der Waals surface area contributed by atoms with Gasteiger partial charge in [0.2, 0.25) is 0 Å². The lowest BCUT2D eigenvalue weighted by atomic mass is 10.0. The highest BCUT2D eigenvalue weighted by Gasteiger charge is 2.36. The van der Waals surface area contributed by atoms with E-state index in [4.69, 9.17) is 0 Å². The Kier molecular flexibility index (Phi) is 2.72. The van der Waals surface area contributed by atoms with Crippen LogP contribution in [0.15, 0.2) is 30.3 Å². The van der Waals surface area contributed by atoms with E-state index in [-0.39, 0.29) is 0 Å². The van der Waals surface area contributed by atoms with Crippen LogP contribution in [0.1, 0.15) is 37.8 Å². The van der Waals surface area contributed by atoms with E-state index in [0.29, 0.717) is 6.04 Å². The zero-order valence-electron chi connectivity index (χ0n) is 10.0. The van der Waals surface area contributed by atoms with Crippen molar-refractivity contribution < 1.29 is 0 Å². The molecule has 1 heteroatoms. The van der Waals surface area contributed by atoms with Crippen LogP contribution in [-0.2, 0) is 0 Å². The van der Waals surface area contributed by atoms with Gasteiger partial charge in [-0.3, -0.25) is 0 Å². The first-order chi connectivity index (χ1) is 7.84. The lowest BCUT2D eigenvalue weighted by Gasteiger charge is -2.18. The first kappa shape index (κ1) is 10.3. The van der Waals surface area contributed by atoms with Crippen molar-refractivity contribution in [3.05, 3.63) is 35.9 Å². The van der Waals surface area contributed by atoms with Crippen molar-refractivity contribution in [1.82, 2.24) is 5.32 Å². The molecule has 0 saturated heterocycles. The molecule has 1 aromatic rings.